The Bertz CT molecular complexity index is 569. The third-order valence-corrected chi connectivity index (χ3v) is 3.25. The Balaban J connectivity index is 2.30. The van der Waals surface area contributed by atoms with Crippen molar-refractivity contribution >= 4 is 23.5 Å². The van der Waals surface area contributed by atoms with E-state index in [9.17, 15) is 14.4 Å². The van der Waals surface area contributed by atoms with Gasteiger partial charge in [-0.1, -0.05) is 18.2 Å². The molecule has 6 nitrogen and oxygen atoms in total. The summed E-state index contributed by atoms with van der Waals surface area (Å²) in [5.74, 6) is -1.10. The van der Waals surface area contributed by atoms with Crippen molar-refractivity contribution in [2.24, 2.45) is 0 Å². The molecule has 1 fully saturated rings. The Labute approximate surface area is 96.6 Å². The predicted octanol–water partition coefficient (Wildman–Crippen LogP) is 0.0156. The number of hydrogen-bond acceptors (Lipinski definition) is 3. The van der Waals surface area contributed by atoms with Crippen LogP contribution in [0.4, 0.5) is 10.5 Å². The molecular formula is C11H9N3O3. The zero-order valence-corrected chi connectivity index (χ0v) is 8.98. The second-order valence-electron chi connectivity index (χ2n) is 4.03. The standard InChI is InChI=1S/C11H9N3O3/c1-14-10(17)13-9(16)11(14)6-4-2-3-5-7(6)12-8(11)15/h2-5H,1H3,(H,12,15)(H,13,16,17). The minimum atomic E-state index is -1.55. The molecule has 86 valence electrons. The molecule has 0 aromatic heterocycles. The summed E-state index contributed by atoms with van der Waals surface area (Å²) in [6, 6.07) is 6.28. The van der Waals surface area contributed by atoms with Crippen molar-refractivity contribution < 1.29 is 14.4 Å². The Morgan fingerprint density at radius 1 is 1.06 bits per heavy atom. The van der Waals surface area contributed by atoms with Crippen LogP contribution in [0.25, 0.3) is 0 Å². The van der Waals surface area contributed by atoms with Gasteiger partial charge in [0.25, 0.3) is 11.8 Å². The maximum absolute atomic E-state index is 12.1. The highest BCUT2D eigenvalue weighted by atomic mass is 16.2. The molecule has 0 aliphatic carbocycles. The second kappa shape index (κ2) is 2.85. The van der Waals surface area contributed by atoms with E-state index in [-0.39, 0.29) is 0 Å². The number of fused-ring (bicyclic) bond motifs is 2. The average Bonchev–Trinajstić information content (AvgIpc) is 2.71. The van der Waals surface area contributed by atoms with Crippen LogP contribution in [0.15, 0.2) is 24.3 Å². The summed E-state index contributed by atoms with van der Waals surface area (Å²) in [7, 11) is 1.43. The molecule has 0 bridgehead atoms. The molecular weight excluding hydrogens is 222 g/mol. The van der Waals surface area contributed by atoms with Crippen LogP contribution < -0.4 is 10.6 Å². The van der Waals surface area contributed by atoms with Crippen LogP contribution in [0.2, 0.25) is 0 Å². The Hall–Kier alpha value is -2.37. The van der Waals surface area contributed by atoms with Gasteiger partial charge in [0, 0.05) is 18.3 Å². The number of nitrogens with one attached hydrogen (secondary N) is 2. The van der Waals surface area contributed by atoms with Gasteiger partial charge in [0.2, 0.25) is 5.54 Å². The van der Waals surface area contributed by atoms with Crippen LogP contribution >= 0.6 is 0 Å². The lowest BCUT2D eigenvalue weighted by atomic mass is 9.90. The first-order valence-electron chi connectivity index (χ1n) is 5.08. The zero-order valence-electron chi connectivity index (χ0n) is 8.98. The number of carbonyl (C=O) groups excluding carboxylic acids is 3. The van der Waals surface area contributed by atoms with E-state index < -0.39 is 23.4 Å². The van der Waals surface area contributed by atoms with Crippen LogP contribution in [0.5, 0.6) is 0 Å². The molecule has 0 saturated carbocycles. The highest BCUT2D eigenvalue weighted by Gasteiger charge is 2.62. The van der Waals surface area contributed by atoms with Gasteiger partial charge in [-0.2, -0.15) is 0 Å². The minimum absolute atomic E-state index is 0.496. The summed E-state index contributed by atoms with van der Waals surface area (Å²) in [4.78, 5) is 36.7. The number of para-hydroxylation sites is 1. The zero-order chi connectivity index (χ0) is 12.2. The number of imide groups is 1. The molecule has 0 radical (unpaired) electrons. The molecule has 6 heteroatoms. The van der Waals surface area contributed by atoms with E-state index in [1.807, 2.05) is 0 Å². The van der Waals surface area contributed by atoms with Crippen molar-refractivity contribution in [3.63, 3.8) is 0 Å². The van der Waals surface area contributed by atoms with Crippen LogP contribution in [0.1, 0.15) is 5.56 Å². The SMILES string of the molecule is CN1C(=O)NC(=O)C12C(=O)Nc1ccccc12. The summed E-state index contributed by atoms with van der Waals surface area (Å²) in [6.07, 6.45) is 0. The van der Waals surface area contributed by atoms with Gasteiger partial charge >= 0.3 is 6.03 Å². The van der Waals surface area contributed by atoms with Gasteiger partial charge in [0.1, 0.15) is 0 Å². The van der Waals surface area contributed by atoms with Gasteiger partial charge < -0.3 is 10.2 Å². The van der Waals surface area contributed by atoms with E-state index in [0.717, 1.165) is 4.90 Å². The maximum Gasteiger partial charge on any atom is 0.325 e. The van der Waals surface area contributed by atoms with Crippen molar-refractivity contribution in [2.45, 2.75) is 5.54 Å². The van der Waals surface area contributed by atoms with Crippen LogP contribution in [-0.2, 0) is 15.1 Å². The topological polar surface area (TPSA) is 78.5 Å². The Morgan fingerprint density at radius 2 is 1.71 bits per heavy atom. The predicted molar refractivity (Wildman–Crippen MR) is 58.1 cm³/mol. The van der Waals surface area contributed by atoms with Crippen molar-refractivity contribution in [1.29, 1.82) is 0 Å². The molecule has 1 unspecified atom stereocenters. The molecule has 2 aliphatic rings. The van der Waals surface area contributed by atoms with Crippen molar-refractivity contribution in [3.8, 4) is 0 Å². The number of carbonyl (C=O) groups is 3. The van der Waals surface area contributed by atoms with E-state index in [0.29, 0.717) is 11.3 Å². The third kappa shape index (κ3) is 0.926. The molecule has 2 aliphatic heterocycles. The van der Waals surface area contributed by atoms with Gasteiger partial charge in [-0.25, -0.2) is 4.79 Å². The fourth-order valence-corrected chi connectivity index (χ4v) is 2.38. The fraction of sp³-hybridized carbons (Fsp3) is 0.182. The van der Waals surface area contributed by atoms with Crippen LogP contribution in [0.3, 0.4) is 0 Å². The summed E-state index contributed by atoms with van der Waals surface area (Å²) in [5, 5.41) is 4.78. The quantitative estimate of drug-likeness (QED) is 0.488. The second-order valence-corrected chi connectivity index (χ2v) is 4.03. The molecule has 1 atom stereocenters. The maximum atomic E-state index is 12.1. The highest BCUT2D eigenvalue weighted by Crippen LogP contribution is 2.42. The first-order chi connectivity index (χ1) is 8.08. The normalized spacial score (nSPS) is 26.2. The molecule has 1 spiro atoms. The molecule has 1 aromatic rings. The number of urea groups is 1. The van der Waals surface area contributed by atoms with E-state index in [1.165, 1.54) is 7.05 Å². The van der Waals surface area contributed by atoms with Crippen molar-refractivity contribution in [2.75, 3.05) is 12.4 Å². The van der Waals surface area contributed by atoms with Gasteiger partial charge in [-0.15, -0.1) is 0 Å². The number of rotatable bonds is 0. The monoisotopic (exact) mass is 231 g/mol. The summed E-state index contributed by atoms with van der Waals surface area (Å²) in [5.41, 5.74) is -0.474. The van der Waals surface area contributed by atoms with Crippen molar-refractivity contribution in [3.05, 3.63) is 29.8 Å². The number of likely N-dealkylation sites (N-methyl/N-ethyl adjacent to an activating group) is 1. The van der Waals surface area contributed by atoms with Gasteiger partial charge in [0.05, 0.1) is 0 Å². The largest absolute Gasteiger partial charge is 0.325 e. The minimum Gasteiger partial charge on any atom is -0.323 e. The smallest absolute Gasteiger partial charge is 0.323 e. The lowest BCUT2D eigenvalue weighted by molar-refractivity contribution is -0.136. The van der Waals surface area contributed by atoms with Crippen LogP contribution in [-0.4, -0.2) is 29.8 Å². The lowest BCUT2D eigenvalue weighted by Crippen LogP contribution is -2.50. The van der Waals surface area contributed by atoms with E-state index in [2.05, 4.69) is 10.6 Å². The van der Waals surface area contributed by atoms with Gasteiger partial charge in [0.15, 0.2) is 0 Å². The highest BCUT2D eigenvalue weighted by molar-refractivity contribution is 6.26. The fourth-order valence-electron chi connectivity index (χ4n) is 2.38. The number of amides is 4. The number of nitrogens with zero attached hydrogens (tertiary/aromatic N) is 1. The molecule has 1 saturated heterocycles. The van der Waals surface area contributed by atoms with Gasteiger partial charge in [-0.3, -0.25) is 14.9 Å². The Kier molecular flexibility index (Phi) is 1.65. The third-order valence-electron chi connectivity index (χ3n) is 3.25. The molecule has 1 aromatic carbocycles. The number of benzene rings is 1. The number of anilines is 1. The first kappa shape index (κ1) is 9.83. The van der Waals surface area contributed by atoms with E-state index >= 15 is 0 Å². The molecule has 17 heavy (non-hydrogen) atoms. The number of hydrogen-bond donors (Lipinski definition) is 2. The molecule has 2 heterocycles. The molecule has 4 amide bonds. The summed E-state index contributed by atoms with van der Waals surface area (Å²) >= 11 is 0. The summed E-state index contributed by atoms with van der Waals surface area (Å²) in [6.45, 7) is 0. The average molecular weight is 231 g/mol. The van der Waals surface area contributed by atoms with E-state index in [1.54, 1.807) is 24.3 Å². The summed E-state index contributed by atoms with van der Waals surface area (Å²) < 4.78 is 0. The van der Waals surface area contributed by atoms with Gasteiger partial charge in [-0.05, 0) is 6.07 Å². The van der Waals surface area contributed by atoms with E-state index in [4.69, 9.17) is 0 Å². The first-order valence-corrected chi connectivity index (χ1v) is 5.08. The van der Waals surface area contributed by atoms with Crippen LogP contribution in [0, 0.1) is 0 Å². The van der Waals surface area contributed by atoms with Crippen molar-refractivity contribution in [1.82, 2.24) is 10.2 Å². The Morgan fingerprint density at radius 3 is 2.35 bits per heavy atom. The lowest BCUT2D eigenvalue weighted by Gasteiger charge is -2.25. The molecule has 3 rings (SSSR count). The molecule has 2 N–H and O–H groups in total.